The Hall–Kier alpha value is -0.662. The molecule has 0 unspecified atom stereocenters. The average molecular weight is 441 g/mol. The fraction of sp³-hybridized carbons (Fsp3) is 0. The van der Waals surface area contributed by atoms with Crippen LogP contribution in [-0.4, -0.2) is 52.9 Å². The second-order valence-electron chi connectivity index (χ2n) is 4.06. The molecule has 0 amide bonds. The molecule has 0 radical (unpaired) electrons. The van der Waals surface area contributed by atoms with Gasteiger partial charge in [0.1, 0.15) is 0 Å². The van der Waals surface area contributed by atoms with Crippen LogP contribution in [0.2, 0.25) is 0 Å². The molecule has 0 saturated carbocycles. The first-order valence-electron chi connectivity index (χ1n) is 5.76. The predicted octanol–water partition coefficient (Wildman–Crippen LogP) is 2.13. The van der Waals surface area contributed by atoms with Crippen LogP contribution in [0, 0.1) is 0 Å². The van der Waals surface area contributed by atoms with Crippen LogP contribution >= 0.6 is 0 Å². The normalized spacial score (nSPS) is 11.2. The van der Waals surface area contributed by atoms with Crippen molar-refractivity contribution < 1.29 is 0 Å². The van der Waals surface area contributed by atoms with Crippen LogP contribution < -0.4 is 0 Å². The van der Waals surface area contributed by atoms with E-state index in [1.165, 1.54) is 24.3 Å². The van der Waals surface area contributed by atoms with Crippen LogP contribution in [0.1, 0.15) is 0 Å². The zero-order valence-electron chi connectivity index (χ0n) is 9.74. The third-order valence-corrected chi connectivity index (χ3v) is 8.18. The Morgan fingerprint density at radius 1 is 0.842 bits per heavy atom. The van der Waals surface area contributed by atoms with Crippen LogP contribution in [0.15, 0.2) is 46.3 Å². The number of nitrogens with zero attached hydrogens (tertiary/aromatic N) is 2. The van der Waals surface area contributed by atoms with E-state index in [0.717, 1.165) is 5.52 Å². The van der Waals surface area contributed by atoms with Crippen molar-refractivity contribution in [3.8, 4) is 20.0 Å². The summed E-state index contributed by atoms with van der Waals surface area (Å²) in [4.78, 5) is 4.55. The van der Waals surface area contributed by atoms with Crippen LogP contribution in [-0.2, 0) is 0 Å². The zero-order chi connectivity index (χ0) is 12.7. The van der Waals surface area contributed by atoms with E-state index >= 15 is 0 Å². The topological polar surface area (TPSA) is 25.8 Å². The predicted molar refractivity (Wildman–Crippen MR) is 81.2 cm³/mol. The fourth-order valence-corrected chi connectivity index (χ4v) is 6.59. The maximum atomic E-state index is 4.43. The summed E-state index contributed by atoms with van der Waals surface area (Å²) in [6.45, 7) is 0. The van der Waals surface area contributed by atoms with Crippen LogP contribution in [0.4, 0.5) is 0 Å². The van der Waals surface area contributed by atoms with Crippen molar-refractivity contribution in [3.05, 3.63) is 46.3 Å². The molecule has 3 heterocycles. The van der Waals surface area contributed by atoms with Crippen molar-refractivity contribution in [1.29, 1.82) is 0 Å². The second kappa shape index (κ2) is 5.03. The van der Waals surface area contributed by atoms with E-state index in [0.29, 0.717) is 29.0 Å². The average Bonchev–Trinajstić information content (AvgIpc) is 3.18. The van der Waals surface area contributed by atoms with Crippen molar-refractivity contribution in [2.75, 3.05) is 0 Å². The van der Waals surface area contributed by atoms with Gasteiger partial charge in [0, 0.05) is 0 Å². The molecule has 92 valence electrons. The Kier molecular flexibility index (Phi) is 3.20. The van der Waals surface area contributed by atoms with Crippen LogP contribution in [0.25, 0.3) is 29.8 Å². The van der Waals surface area contributed by atoms with E-state index in [-0.39, 0.29) is 14.7 Å². The Morgan fingerprint density at radius 3 is 2.37 bits per heavy atom. The molecule has 0 atom stereocenters. The summed E-state index contributed by atoms with van der Waals surface area (Å²) in [5, 5.41) is 4.43. The third-order valence-electron chi connectivity index (χ3n) is 2.98. The maximum absolute atomic E-state index is 4.43. The molecule has 0 aliphatic carbocycles. The second-order valence-corrected chi connectivity index (χ2v) is 9.69. The fourth-order valence-electron chi connectivity index (χ4n) is 2.16. The minimum atomic E-state index is 0.176. The molecule has 0 saturated heterocycles. The van der Waals surface area contributed by atoms with E-state index in [4.69, 9.17) is 0 Å². The van der Waals surface area contributed by atoms with Crippen molar-refractivity contribution in [3.63, 3.8) is 0 Å². The van der Waals surface area contributed by atoms with Gasteiger partial charge in [0.25, 0.3) is 0 Å². The van der Waals surface area contributed by atoms with Gasteiger partial charge in [0.05, 0.1) is 0 Å². The number of aromatic nitrogens is 2. The molecular weight excluding hydrogens is 433 g/mol. The van der Waals surface area contributed by atoms with Gasteiger partial charge in [-0.15, -0.1) is 0 Å². The molecule has 0 aliphatic heterocycles. The molecule has 19 heavy (non-hydrogen) atoms. The van der Waals surface area contributed by atoms with E-state index in [1.54, 1.807) is 0 Å². The molecule has 4 aromatic rings. The van der Waals surface area contributed by atoms with E-state index < -0.39 is 0 Å². The van der Waals surface area contributed by atoms with Crippen molar-refractivity contribution >= 4 is 53.5 Å². The molecule has 0 bridgehead atoms. The first-order valence-corrected chi connectivity index (χ1v) is 11.1. The SMILES string of the molecule is c1c[se]c(-c2ccc3[se]nnc3c2-c2ccc[se]2)c1. The Morgan fingerprint density at radius 2 is 1.63 bits per heavy atom. The van der Waals surface area contributed by atoms with E-state index in [9.17, 15) is 0 Å². The molecule has 0 spiro atoms. The van der Waals surface area contributed by atoms with Crippen molar-refractivity contribution in [2.45, 2.75) is 0 Å². The van der Waals surface area contributed by atoms with Gasteiger partial charge in [0.15, 0.2) is 0 Å². The Labute approximate surface area is 128 Å². The van der Waals surface area contributed by atoms with E-state index in [1.807, 2.05) is 0 Å². The summed E-state index contributed by atoms with van der Waals surface area (Å²) in [7, 11) is 0. The van der Waals surface area contributed by atoms with Gasteiger partial charge < -0.3 is 0 Å². The molecule has 0 fully saturated rings. The number of fused-ring (bicyclic) bond motifs is 1. The summed E-state index contributed by atoms with van der Waals surface area (Å²) >= 11 is 1.08. The van der Waals surface area contributed by atoms with Gasteiger partial charge in [-0.05, 0) is 0 Å². The molecule has 1 aromatic carbocycles. The van der Waals surface area contributed by atoms with Gasteiger partial charge in [-0.1, -0.05) is 0 Å². The molecule has 2 nitrogen and oxygen atoms in total. The van der Waals surface area contributed by atoms with Gasteiger partial charge in [-0.25, -0.2) is 0 Å². The number of hydrogen-bond donors (Lipinski definition) is 0. The molecule has 4 rings (SSSR count). The zero-order valence-corrected chi connectivity index (χ0v) is 14.9. The number of benzene rings is 1. The molecule has 0 aliphatic rings. The van der Waals surface area contributed by atoms with E-state index in [2.05, 4.69) is 55.5 Å². The third kappa shape index (κ3) is 2.07. The monoisotopic (exact) mass is 444 g/mol. The van der Waals surface area contributed by atoms with Gasteiger partial charge in [-0.2, -0.15) is 0 Å². The molecule has 0 N–H and O–H groups in total. The summed E-state index contributed by atoms with van der Waals surface area (Å²) in [6, 6.07) is 13.3. The number of hydrogen-bond acceptors (Lipinski definition) is 2. The molecule has 5 heteroatoms. The van der Waals surface area contributed by atoms with Crippen LogP contribution in [0.5, 0.6) is 0 Å². The van der Waals surface area contributed by atoms with Crippen molar-refractivity contribution in [2.24, 2.45) is 0 Å². The summed E-state index contributed by atoms with van der Waals surface area (Å²) in [5.74, 6) is 0. The standard InChI is InChI=1S/C14H8N2Se3/c1-3-10(17-7-1)9-5-6-12-14(15-16-19-12)13(9)11-4-2-8-18-11/h1-8H. The first-order chi connectivity index (χ1) is 9.43. The summed E-state index contributed by atoms with van der Waals surface area (Å²) < 4.78 is 8.50. The minimum absolute atomic E-state index is 0.176. The number of rotatable bonds is 2. The molecular formula is C14H8N2Se3. The van der Waals surface area contributed by atoms with Gasteiger partial charge >= 0.3 is 129 Å². The van der Waals surface area contributed by atoms with Gasteiger partial charge in [-0.3, -0.25) is 0 Å². The van der Waals surface area contributed by atoms with Crippen LogP contribution in [0.3, 0.4) is 0 Å². The first kappa shape index (κ1) is 12.1. The van der Waals surface area contributed by atoms with Crippen molar-refractivity contribution in [1.82, 2.24) is 9.19 Å². The Balaban J connectivity index is 2.11. The summed E-state index contributed by atoms with van der Waals surface area (Å²) in [6.07, 6.45) is 0. The Bertz CT molecular complexity index is 814. The van der Waals surface area contributed by atoms with Gasteiger partial charge in [0.2, 0.25) is 0 Å². The molecule has 3 aromatic heterocycles. The quantitative estimate of drug-likeness (QED) is 0.446. The summed E-state index contributed by atoms with van der Waals surface area (Å²) in [5.41, 5.74) is 3.86.